The van der Waals surface area contributed by atoms with Gasteiger partial charge in [0, 0.05) is 17.0 Å². The maximum atomic E-state index is 13.3. The fourth-order valence-electron chi connectivity index (χ4n) is 2.13. The van der Waals surface area contributed by atoms with E-state index in [9.17, 15) is 9.50 Å². The monoisotopic (exact) mass is 295 g/mol. The lowest BCUT2D eigenvalue weighted by Crippen LogP contribution is -2.01. The number of hydrogen-bond acceptors (Lipinski definition) is 2. The lowest BCUT2D eigenvalue weighted by molar-refractivity contribution is 0.472. The first-order valence-corrected chi connectivity index (χ1v) is 6.34. The summed E-state index contributed by atoms with van der Waals surface area (Å²) in [4.78, 5) is 4.36. The van der Waals surface area contributed by atoms with Crippen LogP contribution in [0.25, 0.3) is 0 Å². The van der Waals surface area contributed by atoms with Crippen molar-refractivity contribution >= 4 is 34.6 Å². The molecule has 0 atom stereocenters. The molecule has 3 rings (SSSR count). The first-order chi connectivity index (χ1) is 9.04. The molecule has 19 heavy (non-hydrogen) atoms. The molecule has 0 amide bonds. The summed E-state index contributed by atoms with van der Waals surface area (Å²) in [7, 11) is 0. The molecule has 0 aliphatic carbocycles. The van der Waals surface area contributed by atoms with Crippen LogP contribution in [0.5, 0.6) is 5.75 Å². The van der Waals surface area contributed by atoms with E-state index in [0.717, 1.165) is 5.56 Å². The van der Waals surface area contributed by atoms with E-state index in [1.165, 1.54) is 18.2 Å². The van der Waals surface area contributed by atoms with Gasteiger partial charge in [-0.3, -0.25) is 4.99 Å². The lowest BCUT2D eigenvalue weighted by atomic mass is 10.0. The molecule has 0 bridgehead atoms. The molecule has 2 nitrogen and oxygen atoms in total. The highest BCUT2D eigenvalue weighted by Gasteiger charge is 2.21. The number of nitrogens with zero attached hydrogens (tertiary/aromatic N) is 1. The van der Waals surface area contributed by atoms with Gasteiger partial charge in [-0.15, -0.1) is 0 Å². The van der Waals surface area contributed by atoms with Crippen LogP contribution < -0.4 is 0 Å². The minimum atomic E-state index is -0.421. The highest BCUT2D eigenvalue weighted by atomic mass is 35.5. The molecular formula is C14H8Cl2FNO. The van der Waals surface area contributed by atoms with Gasteiger partial charge < -0.3 is 5.11 Å². The van der Waals surface area contributed by atoms with E-state index in [4.69, 9.17) is 23.2 Å². The molecule has 0 radical (unpaired) electrons. The van der Waals surface area contributed by atoms with Gasteiger partial charge in [-0.05, 0) is 35.9 Å². The molecule has 0 aromatic heterocycles. The molecule has 1 aliphatic heterocycles. The Morgan fingerprint density at radius 1 is 1.16 bits per heavy atom. The summed E-state index contributed by atoms with van der Waals surface area (Å²) < 4.78 is 13.3. The summed E-state index contributed by atoms with van der Waals surface area (Å²) in [5, 5.41) is 10.8. The second-order valence-corrected chi connectivity index (χ2v) is 5.14. The molecular weight excluding hydrogens is 288 g/mol. The molecule has 0 unspecified atom stereocenters. The minimum absolute atomic E-state index is 0.00447. The van der Waals surface area contributed by atoms with Gasteiger partial charge in [-0.2, -0.15) is 0 Å². The van der Waals surface area contributed by atoms with Crippen LogP contribution in [0.4, 0.5) is 10.1 Å². The fraction of sp³-hybridized carbons (Fsp3) is 0.0714. The number of phenols is 1. The number of phenolic OH excluding ortho intramolecular Hbond substituents is 1. The van der Waals surface area contributed by atoms with E-state index in [1.807, 2.05) is 0 Å². The van der Waals surface area contributed by atoms with Gasteiger partial charge in [-0.25, -0.2) is 4.39 Å². The topological polar surface area (TPSA) is 32.6 Å². The van der Waals surface area contributed by atoms with Gasteiger partial charge >= 0.3 is 0 Å². The zero-order valence-corrected chi connectivity index (χ0v) is 11.1. The van der Waals surface area contributed by atoms with Crippen LogP contribution in [0.3, 0.4) is 0 Å². The number of aromatic hydroxyl groups is 1. The first-order valence-electron chi connectivity index (χ1n) is 5.59. The van der Waals surface area contributed by atoms with Crippen LogP contribution in [0.1, 0.15) is 11.1 Å². The van der Waals surface area contributed by atoms with Crippen molar-refractivity contribution in [2.24, 2.45) is 4.99 Å². The third-order valence-corrected chi connectivity index (χ3v) is 3.49. The van der Waals surface area contributed by atoms with Crippen LogP contribution in [-0.4, -0.2) is 10.8 Å². The highest BCUT2D eigenvalue weighted by molar-refractivity contribution is 6.37. The standard InChI is InChI=1S/C14H8Cl2FNO/c15-8-3-7-4-12(18-14(7)11(16)5-8)10-6-9(17)1-2-13(10)19/h1-3,5-6,19H,4H2. The van der Waals surface area contributed by atoms with Crippen LogP contribution >= 0.6 is 23.2 Å². The summed E-state index contributed by atoms with van der Waals surface area (Å²) in [6.07, 6.45) is 0.465. The molecule has 5 heteroatoms. The van der Waals surface area contributed by atoms with Crippen LogP contribution in [-0.2, 0) is 6.42 Å². The molecule has 0 spiro atoms. The summed E-state index contributed by atoms with van der Waals surface area (Å²) in [5.41, 5.74) is 2.46. The largest absolute Gasteiger partial charge is 0.507 e. The third kappa shape index (κ3) is 2.20. The fourth-order valence-corrected chi connectivity index (χ4v) is 2.71. The average Bonchev–Trinajstić information content (AvgIpc) is 2.76. The third-order valence-electron chi connectivity index (χ3n) is 2.98. The van der Waals surface area contributed by atoms with Crippen molar-refractivity contribution in [3.05, 3.63) is 57.3 Å². The molecule has 1 N–H and O–H groups in total. The first kappa shape index (κ1) is 12.5. The van der Waals surface area contributed by atoms with Crippen molar-refractivity contribution in [2.75, 3.05) is 0 Å². The number of benzene rings is 2. The number of rotatable bonds is 1. The summed E-state index contributed by atoms with van der Waals surface area (Å²) >= 11 is 12.0. The number of halogens is 3. The molecule has 2 aromatic carbocycles. The Kier molecular flexibility index (Phi) is 2.96. The number of aliphatic imine (C=N–C) groups is 1. The van der Waals surface area contributed by atoms with Gasteiger partial charge in [0.25, 0.3) is 0 Å². The van der Waals surface area contributed by atoms with Crippen molar-refractivity contribution in [1.29, 1.82) is 0 Å². The Morgan fingerprint density at radius 2 is 1.95 bits per heavy atom. The van der Waals surface area contributed by atoms with Gasteiger partial charge in [0.15, 0.2) is 0 Å². The van der Waals surface area contributed by atoms with Crippen LogP contribution in [0.15, 0.2) is 35.3 Å². The summed E-state index contributed by atoms with van der Waals surface area (Å²) in [6, 6.07) is 7.15. The Balaban J connectivity index is 2.09. The Hall–Kier alpha value is -1.58. The second-order valence-electron chi connectivity index (χ2n) is 4.29. The predicted octanol–water partition coefficient (Wildman–Crippen LogP) is 4.52. The Bertz CT molecular complexity index is 713. The van der Waals surface area contributed by atoms with Gasteiger partial charge in [-0.1, -0.05) is 23.2 Å². The Labute approximate surface area is 119 Å². The summed E-state index contributed by atoms with van der Waals surface area (Å²) in [5.74, 6) is -0.425. The smallest absolute Gasteiger partial charge is 0.124 e. The van der Waals surface area contributed by atoms with E-state index < -0.39 is 5.82 Å². The minimum Gasteiger partial charge on any atom is -0.507 e. The van der Waals surface area contributed by atoms with Crippen molar-refractivity contribution < 1.29 is 9.50 Å². The lowest BCUT2D eigenvalue weighted by Gasteiger charge is -2.03. The molecule has 0 fully saturated rings. The van der Waals surface area contributed by atoms with E-state index in [-0.39, 0.29) is 5.75 Å². The van der Waals surface area contributed by atoms with Crippen molar-refractivity contribution in [1.82, 2.24) is 0 Å². The van der Waals surface area contributed by atoms with Crippen molar-refractivity contribution in [2.45, 2.75) is 6.42 Å². The zero-order chi connectivity index (χ0) is 13.6. The molecule has 96 valence electrons. The molecule has 1 heterocycles. The highest BCUT2D eigenvalue weighted by Crippen LogP contribution is 2.39. The molecule has 2 aromatic rings. The normalized spacial score (nSPS) is 13.3. The maximum absolute atomic E-state index is 13.3. The molecule has 0 saturated heterocycles. The van der Waals surface area contributed by atoms with Crippen LogP contribution in [0, 0.1) is 5.82 Å². The molecule has 0 saturated carbocycles. The molecule has 1 aliphatic rings. The van der Waals surface area contributed by atoms with E-state index in [1.54, 1.807) is 12.1 Å². The number of hydrogen-bond donors (Lipinski definition) is 1. The van der Waals surface area contributed by atoms with E-state index >= 15 is 0 Å². The SMILES string of the molecule is Oc1ccc(F)cc1C1=Nc2c(Cl)cc(Cl)cc2C1. The van der Waals surface area contributed by atoms with Crippen molar-refractivity contribution in [3.8, 4) is 5.75 Å². The predicted molar refractivity (Wildman–Crippen MR) is 74.4 cm³/mol. The Morgan fingerprint density at radius 3 is 2.74 bits per heavy atom. The van der Waals surface area contributed by atoms with E-state index in [2.05, 4.69) is 4.99 Å². The number of fused-ring (bicyclic) bond motifs is 1. The maximum Gasteiger partial charge on any atom is 0.124 e. The van der Waals surface area contributed by atoms with Gasteiger partial charge in [0.1, 0.15) is 11.6 Å². The van der Waals surface area contributed by atoms with E-state index in [0.29, 0.717) is 33.4 Å². The van der Waals surface area contributed by atoms with Crippen LogP contribution in [0.2, 0.25) is 10.0 Å². The average molecular weight is 296 g/mol. The zero-order valence-electron chi connectivity index (χ0n) is 9.62. The van der Waals surface area contributed by atoms with Gasteiger partial charge in [0.2, 0.25) is 0 Å². The second kappa shape index (κ2) is 4.51. The quantitative estimate of drug-likeness (QED) is 0.824. The summed E-state index contributed by atoms with van der Waals surface area (Å²) in [6.45, 7) is 0. The van der Waals surface area contributed by atoms with Crippen molar-refractivity contribution in [3.63, 3.8) is 0 Å². The van der Waals surface area contributed by atoms with Gasteiger partial charge in [0.05, 0.1) is 16.4 Å².